The third-order valence-corrected chi connectivity index (χ3v) is 3.63. The molecule has 0 amide bonds. The first kappa shape index (κ1) is 11.7. The van der Waals surface area contributed by atoms with Crippen molar-refractivity contribution in [2.24, 2.45) is 0 Å². The van der Waals surface area contributed by atoms with Crippen LogP contribution in [0.15, 0.2) is 28.3 Å². The Labute approximate surface area is 104 Å². The van der Waals surface area contributed by atoms with Crippen LogP contribution in [0, 0.1) is 10.1 Å². The zero-order valence-corrected chi connectivity index (χ0v) is 10.0. The van der Waals surface area contributed by atoms with Crippen LogP contribution < -0.4 is 0 Å². The molecule has 0 bridgehead atoms. The van der Waals surface area contributed by atoms with Crippen LogP contribution >= 0.6 is 23.1 Å². The van der Waals surface area contributed by atoms with Gasteiger partial charge in [0, 0.05) is 0 Å². The molecule has 0 aliphatic carbocycles. The lowest BCUT2D eigenvalue weighted by Gasteiger charge is -1.96. The molecule has 88 valence electrons. The van der Waals surface area contributed by atoms with E-state index in [1.165, 1.54) is 22.6 Å². The lowest BCUT2D eigenvalue weighted by Crippen LogP contribution is -1.99. The molecule has 17 heavy (non-hydrogen) atoms. The average molecular weight is 270 g/mol. The van der Waals surface area contributed by atoms with Gasteiger partial charge in [-0.15, -0.1) is 11.7 Å². The first-order valence-corrected chi connectivity index (χ1v) is 5.99. The third kappa shape index (κ3) is 2.65. The fourth-order valence-electron chi connectivity index (χ4n) is 0.966. The standard InChI is InChI=1S/C7H6N6O2S2/c1-2-3-12-6(9-10-11-12)17-7-8-4-5(16-7)13(14)15/h2,4H,1,3H2. The first-order chi connectivity index (χ1) is 8.20. The Morgan fingerprint density at radius 1 is 1.71 bits per heavy atom. The molecule has 0 aliphatic heterocycles. The zero-order valence-electron chi connectivity index (χ0n) is 8.39. The Balaban J connectivity index is 2.16. The summed E-state index contributed by atoms with van der Waals surface area (Å²) in [4.78, 5) is 13.9. The van der Waals surface area contributed by atoms with Crippen molar-refractivity contribution in [3.63, 3.8) is 0 Å². The molecular formula is C7H6N6O2S2. The van der Waals surface area contributed by atoms with Gasteiger partial charge in [-0.3, -0.25) is 10.1 Å². The van der Waals surface area contributed by atoms with Gasteiger partial charge < -0.3 is 0 Å². The Bertz CT molecular complexity index is 550. The maximum atomic E-state index is 10.5. The quantitative estimate of drug-likeness (QED) is 0.459. The monoisotopic (exact) mass is 270 g/mol. The summed E-state index contributed by atoms with van der Waals surface area (Å²) < 4.78 is 2.06. The highest BCUT2D eigenvalue weighted by molar-refractivity contribution is 8.00. The molecule has 0 unspecified atom stereocenters. The molecule has 2 heterocycles. The minimum Gasteiger partial charge on any atom is -0.257 e. The number of allylic oxidation sites excluding steroid dienone is 1. The van der Waals surface area contributed by atoms with Gasteiger partial charge in [0.2, 0.25) is 5.16 Å². The lowest BCUT2D eigenvalue weighted by atomic mass is 10.6. The number of thiazole rings is 1. The smallest absolute Gasteiger partial charge is 0.257 e. The van der Waals surface area contributed by atoms with Crippen molar-refractivity contribution in [1.29, 1.82) is 0 Å². The van der Waals surface area contributed by atoms with Crippen LogP contribution in [0.3, 0.4) is 0 Å². The van der Waals surface area contributed by atoms with Crippen molar-refractivity contribution in [2.45, 2.75) is 16.0 Å². The molecule has 8 nitrogen and oxygen atoms in total. The summed E-state index contributed by atoms with van der Waals surface area (Å²) in [5.41, 5.74) is 0. The lowest BCUT2D eigenvalue weighted by molar-refractivity contribution is -0.380. The van der Waals surface area contributed by atoms with Crippen molar-refractivity contribution in [3.05, 3.63) is 29.0 Å². The molecule has 0 aromatic carbocycles. The SMILES string of the molecule is C=CCn1nnnc1Sc1ncc([N+](=O)[O-])s1. The van der Waals surface area contributed by atoms with Gasteiger partial charge in [0.25, 0.3) is 0 Å². The van der Waals surface area contributed by atoms with Crippen molar-refractivity contribution in [3.8, 4) is 0 Å². The number of nitro groups is 1. The van der Waals surface area contributed by atoms with Crippen LogP contribution in [-0.2, 0) is 6.54 Å². The van der Waals surface area contributed by atoms with Gasteiger partial charge in [0.15, 0.2) is 4.34 Å². The molecule has 0 N–H and O–H groups in total. The Kier molecular flexibility index (Phi) is 3.44. The van der Waals surface area contributed by atoms with E-state index in [4.69, 9.17) is 0 Å². The number of aromatic nitrogens is 5. The predicted molar refractivity (Wildman–Crippen MR) is 60.9 cm³/mol. The molecular weight excluding hydrogens is 264 g/mol. The summed E-state index contributed by atoms with van der Waals surface area (Å²) in [6.45, 7) is 4.06. The van der Waals surface area contributed by atoms with Crippen LogP contribution in [0.2, 0.25) is 0 Å². The van der Waals surface area contributed by atoms with Gasteiger partial charge >= 0.3 is 5.00 Å². The maximum Gasteiger partial charge on any atom is 0.344 e. The van der Waals surface area contributed by atoms with Gasteiger partial charge in [-0.1, -0.05) is 6.08 Å². The van der Waals surface area contributed by atoms with Crippen LogP contribution in [0.4, 0.5) is 5.00 Å². The van der Waals surface area contributed by atoms with Gasteiger partial charge in [-0.2, -0.15) is 0 Å². The molecule has 0 spiro atoms. The van der Waals surface area contributed by atoms with E-state index in [1.807, 2.05) is 0 Å². The van der Waals surface area contributed by atoms with Gasteiger partial charge in [-0.25, -0.2) is 9.67 Å². The predicted octanol–water partition coefficient (Wildman–Crippen LogP) is 1.37. The Hall–Kier alpha value is -1.81. The number of tetrazole rings is 1. The van der Waals surface area contributed by atoms with Gasteiger partial charge in [0.05, 0.1) is 11.5 Å². The summed E-state index contributed by atoms with van der Waals surface area (Å²) in [6, 6.07) is 0. The van der Waals surface area contributed by atoms with Crippen molar-refractivity contribution >= 4 is 28.1 Å². The largest absolute Gasteiger partial charge is 0.344 e. The zero-order chi connectivity index (χ0) is 12.3. The van der Waals surface area contributed by atoms with Crippen molar-refractivity contribution < 1.29 is 4.92 Å². The second kappa shape index (κ2) is 5.01. The molecule has 2 aromatic rings. The second-order valence-electron chi connectivity index (χ2n) is 2.76. The van der Waals surface area contributed by atoms with Crippen molar-refractivity contribution in [1.82, 2.24) is 25.2 Å². The molecule has 0 atom stereocenters. The number of hydrogen-bond donors (Lipinski definition) is 0. The van der Waals surface area contributed by atoms with Crippen LogP contribution in [0.1, 0.15) is 0 Å². The summed E-state index contributed by atoms with van der Waals surface area (Å²) in [5, 5.41) is 22.1. The van der Waals surface area contributed by atoms with Crippen LogP contribution in [0.25, 0.3) is 0 Å². The van der Waals surface area contributed by atoms with Crippen molar-refractivity contribution in [2.75, 3.05) is 0 Å². The molecule has 2 rings (SSSR count). The average Bonchev–Trinajstić information content (AvgIpc) is 2.90. The van der Waals surface area contributed by atoms with Crippen LogP contribution in [0.5, 0.6) is 0 Å². The van der Waals surface area contributed by atoms with E-state index in [1.54, 1.807) is 6.08 Å². The number of hydrogen-bond acceptors (Lipinski definition) is 8. The highest BCUT2D eigenvalue weighted by atomic mass is 32.2. The maximum absolute atomic E-state index is 10.5. The van der Waals surface area contributed by atoms with E-state index < -0.39 is 4.92 Å². The fraction of sp³-hybridized carbons (Fsp3) is 0.143. The highest BCUT2D eigenvalue weighted by Gasteiger charge is 2.15. The molecule has 0 fully saturated rings. The fourth-order valence-corrected chi connectivity index (χ4v) is 2.63. The molecule has 0 saturated carbocycles. The second-order valence-corrected chi connectivity index (χ2v) is 4.98. The van der Waals surface area contributed by atoms with Gasteiger partial charge in [-0.05, 0) is 33.5 Å². The number of nitrogens with zero attached hydrogens (tertiary/aromatic N) is 6. The Morgan fingerprint density at radius 3 is 3.18 bits per heavy atom. The third-order valence-electron chi connectivity index (χ3n) is 1.63. The van der Waals surface area contributed by atoms with E-state index in [-0.39, 0.29) is 5.00 Å². The van der Waals surface area contributed by atoms with E-state index in [2.05, 4.69) is 27.1 Å². The molecule has 0 radical (unpaired) electrons. The van der Waals surface area contributed by atoms with E-state index >= 15 is 0 Å². The molecule has 10 heteroatoms. The highest BCUT2D eigenvalue weighted by Crippen LogP contribution is 2.32. The Morgan fingerprint density at radius 2 is 2.53 bits per heavy atom. The van der Waals surface area contributed by atoms with E-state index in [0.29, 0.717) is 16.0 Å². The first-order valence-electron chi connectivity index (χ1n) is 4.36. The van der Waals surface area contributed by atoms with Gasteiger partial charge in [0.1, 0.15) is 6.20 Å². The topological polar surface area (TPSA) is 99.6 Å². The summed E-state index contributed by atoms with van der Waals surface area (Å²) >= 11 is 2.17. The van der Waals surface area contributed by atoms with E-state index in [9.17, 15) is 10.1 Å². The van der Waals surface area contributed by atoms with E-state index in [0.717, 1.165) is 11.3 Å². The molecule has 0 aliphatic rings. The normalized spacial score (nSPS) is 10.4. The van der Waals surface area contributed by atoms with Crippen LogP contribution in [-0.4, -0.2) is 30.1 Å². The molecule has 2 aromatic heterocycles. The summed E-state index contributed by atoms with van der Waals surface area (Å²) in [5.74, 6) is 0. The minimum absolute atomic E-state index is 0.00440. The summed E-state index contributed by atoms with van der Waals surface area (Å²) in [6.07, 6.45) is 2.87. The molecule has 0 saturated heterocycles. The summed E-state index contributed by atoms with van der Waals surface area (Å²) in [7, 11) is 0. The minimum atomic E-state index is -0.478. The number of rotatable bonds is 5.